The van der Waals surface area contributed by atoms with Crippen LogP contribution >= 0.6 is 23.1 Å². The number of hydrogen-bond acceptors (Lipinski definition) is 6. The van der Waals surface area contributed by atoms with Crippen LogP contribution in [0.15, 0.2) is 52.4 Å². The lowest BCUT2D eigenvalue weighted by atomic mass is 10.1. The van der Waals surface area contributed by atoms with E-state index in [4.69, 9.17) is 9.72 Å². The third-order valence-electron chi connectivity index (χ3n) is 5.63. The number of thioether (sulfide) groups is 1. The molecule has 0 unspecified atom stereocenters. The zero-order valence-corrected chi connectivity index (χ0v) is 20.8. The predicted molar refractivity (Wildman–Crippen MR) is 137 cm³/mol. The highest BCUT2D eigenvalue weighted by Crippen LogP contribution is 2.30. The second-order valence-electron chi connectivity index (χ2n) is 7.80. The molecule has 0 aliphatic rings. The quantitative estimate of drug-likeness (QED) is 0.295. The van der Waals surface area contributed by atoms with Gasteiger partial charge in [0, 0.05) is 4.88 Å². The summed E-state index contributed by atoms with van der Waals surface area (Å²) < 4.78 is 6.93. The van der Waals surface area contributed by atoms with Crippen LogP contribution in [0.1, 0.15) is 21.6 Å². The summed E-state index contributed by atoms with van der Waals surface area (Å²) in [6, 6.07) is 13.2. The molecule has 0 bridgehead atoms. The zero-order valence-electron chi connectivity index (χ0n) is 19.2. The number of aryl methyl sites for hydroxylation is 4. The third-order valence-corrected chi connectivity index (χ3v) is 7.67. The molecular formula is C25H25N3O3S2. The van der Waals surface area contributed by atoms with Gasteiger partial charge in [-0.3, -0.25) is 14.2 Å². The predicted octanol–water partition coefficient (Wildman–Crippen LogP) is 5.42. The largest absolute Gasteiger partial charge is 0.495 e. The first-order valence-corrected chi connectivity index (χ1v) is 12.3. The molecule has 0 atom stereocenters. The lowest BCUT2D eigenvalue weighted by Gasteiger charge is -2.14. The van der Waals surface area contributed by atoms with Gasteiger partial charge in [0.15, 0.2) is 5.16 Å². The molecule has 0 saturated heterocycles. The molecule has 2 heterocycles. The van der Waals surface area contributed by atoms with Crippen molar-refractivity contribution in [3.63, 3.8) is 0 Å². The van der Waals surface area contributed by atoms with Gasteiger partial charge in [0.2, 0.25) is 5.91 Å². The standard InChI is InChI=1S/C25H25N3O3S2/c1-14-10-11-18(12-15(14)2)28-24(30)22-16(3)17(4)33-23(22)27-25(28)32-13-21(29)26-19-8-6-7-9-20(19)31-5/h6-12H,13H2,1-5H3,(H,26,29). The van der Waals surface area contributed by atoms with Crippen molar-refractivity contribution in [2.75, 3.05) is 18.2 Å². The molecule has 1 amide bonds. The summed E-state index contributed by atoms with van der Waals surface area (Å²) in [5.74, 6) is 0.487. The SMILES string of the molecule is COc1ccccc1NC(=O)CSc1nc2sc(C)c(C)c2c(=O)n1-c1ccc(C)c(C)c1. The van der Waals surface area contributed by atoms with E-state index in [1.807, 2.05) is 58.0 Å². The average Bonchev–Trinajstić information content (AvgIpc) is 3.08. The molecule has 0 saturated carbocycles. The summed E-state index contributed by atoms with van der Waals surface area (Å²) in [6.07, 6.45) is 0. The van der Waals surface area contributed by atoms with Gasteiger partial charge in [-0.05, 0) is 68.7 Å². The van der Waals surface area contributed by atoms with Gasteiger partial charge in [-0.15, -0.1) is 11.3 Å². The number of para-hydroxylation sites is 2. The normalized spacial score (nSPS) is 11.1. The molecule has 4 rings (SSSR count). The van der Waals surface area contributed by atoms with Crippen molar-refractivity contribution in [3.05, 3.63) is 74.4 Å². The summed E-state index contributed by atoms with van der Waals surface area (Å²) in [7, 11) is 1.56. The molecule has 2 aromatic heterocycles. The first-order valence-electron chi connectivity index (χ1n) is 10.5. The van der Waals surface area contributed by atoms with E-state index in [1.54, 1.807) is 23.8 Å². The monoisotopic (exact) mass is 479 g/mol. The fourth-order valence-electron chi connectivity index (χ4n) is 3.53. The summed E-state index contributed by atoms with van der Waals surface area (Å²) in [5, 5.41) is 4.01. The van der Waals surface area contributed by atoms with E-state index < -0.39 is 0 Å². The van der Waals surface area contributed by atoms with Crippen molar-refractivity contribution in [2.45, 2.75) is 32.9 Å². The number of methoxy groups -OCH3 is 1. The number of carbonyl (C=O) groups excluding carboxylic acids is 1. The highest BCUT2D eigenvalue weighted by molar-refractivity contribution is 7.99. The molecule has 6 nitrogen and oxygen atoms in total. The Kier molecular flexibility index (Phi) is 6.58. The number of fused-ring (bicyclic) bond motifs is 1. The van der Waals surface area contributed by atoms with Crippen LogP contribution in [0.25, 0.3) is 15.9 Å². The number of anilines is 1. The third kappa shape index (κ3) is 4.54. The molecule has 170 valence electrons. The maximum atomic E-state index is 13.6. The minimum Gasteiger partial charge on any atom is -0.495 e. The van der Waals surface area contributed by atoms with Crippen LogP contribution in [-0.2, 0) is 4.79 Å². The van der Waals surface area contributed by atoms with Gasteiger partial charge in [-0.25, -0.2) is 4.98 Å². The lowest BCUT2D eigenvalue weighted by molar-refractivity contribution is -0.113. The fraction of sp³-hybridized carbons (Fsp3) is 0.240. The van der Waals surface area contributed by atoms with E-state index >= 15 is 0 Å². The second kappa shape index (κ2) is 9.41. The number of rotatable bonds is 6. The number of carbonyl (C=O) groups is 1. The number of amides is 1. The van der Waals surface area contributed by atoms with Gasteiger partial charge in [0.25, 0.3) is 5.56 Å². The number of nitrogens with zero attached hydrogens (tertiary/aromatic N) is 2. The number of ether oxygens (including phenoxy) is 1. The topological polar surface area (TPSA) is 73.2 Å². The van der Waals surface area contributed by atoms with E-state index in [0.29, 0.717) is 26.8 Å². The van der Waals surface area contributed by atoms with E-state index in [2.05, 4.69) is 5.32 Å². The lowest BCUT2D eigenvalue weighted by Crippen LogP contribution is -2.23. The number of hydrogen-bond donors (Lipinski definition) is 1. The van der Waals surface area contributed by atoms with E-state index in [-0.39, 0.29) is 17.2 Å². The van der Waals surface area contributed by atoms with Crippen LogP contribution in [0.4, 0.5) is 5.69 Å². The first-order chi connectivity index (χ1) is 15.8. The Morgan fingerprint density at radius 2 is 1.88 bits per heavy atom. The molecule has 0 radical (unpaired) electrons. The molecule has 8 heteroatoms. The van der Waals surface area contributed by atoms with Gasteiger partial charge in [0.05, 0.1) is 29.6 Å². The highest BCUT2D eigenvalue weighted by atomic mass is 32.2. The maximum absolute atomic E-state index is 13.6. The highest BCUT2D eigenvalue weighted by Gasteiger charge is 2.19. The van der Waals surface area contributed by atoms with Crippen molar-refractivity contribution >= 4 is 44.9 Å². The summed E-state index contributed by atoms with van der Waals surface area (Å²) in [4.78, 5) is 32.9. The van der Waals surface area contributed by atoms with Crippen LogP contribution in [0.5, 0.6) is 5.75 Å². The molecular weight excluding hydrogens is 454 g/mol. The molecule has 1 N–H and O–H groups in total. The molecule has 0 aliphatic heterocycles. The van der Waals surface area contributed by atoms with Crippen molar-refractivity contribution in [1.29, 1.82) is 0 Å². The zero-order chi connectivity index (χ0) is 23.7. The minimum atomic E-state index is -0.205. The number of nitrogens with one attached hydrogen (secondary N) is 1. The van der Waals surface area contributed by atoms with Gasteiger partial charge >= 0.3 is 0 Å². The van der Waals surface area contributed by atoms with Crippen molar-refractivity contribution in [2.24, 2.45) is 0 Å². The molecule has 0 aliphatic carbocycles. The maximum Gasteiger partial charge on any atom is 0.267 e. The van der Waals surface area contributed by atoms with Gasteiger partial charge in [0.1, 0.15) is 10.6 Å². The molecule has 4 aromatic rings. The Balaban J connectivity index is 1.72. The van der Waals surface area contributed by atoms with Gasteiger partial charge in [-0.2, -0.15) is 0 Å². The summed E-state index contributed by atoms with van der Waals surface area (Å²) >= 11 is 2.75. The van der Waals surface area contributed by atoms with Crippen LogP contribution in [0.2, 0.25) is 0 Å². The van der Waals surface area contributed by atoms with Crippen molar-refractivity contribution < 1.29 is 9.53 Å². The molecule has 0 fully saturated rings. The van der Waals surface area contributed by atoms with Gasteiger partial charge in [-0.1, -0.05) is 30.0 Å². The average molecular weight is 480 g/mol. The number of thiophene rings is 1. The Morgan fingerprint density at radius 1 is 1.12 bits per heavy atom. The molecule has 2 aromatic carbocycles. The summed E-state index contributed by atoms with van der Waals surface area (Å²) in [6.45, 7) is 8.00. The van der Waals surface area contributed by atoms with E-state index in [0.717, 1.165) is 27.3 Å². The first kappa shape index (κ1) is 23.1. The Morgan fingerprint density at radius 3 is 2.61 bits per heavy atom. The number of aromatic nitrogens is 2. The van der Waals surface area contributed by atoms with Crippen LogP contribution in [-0.4, -0.2) is 28.3 Å². The Bertz CT molecular complexity index is 1420. The second-order valence-corrected chi connectivity index (χ2v) is 9.95. The molecule has 0 spiro atoms. The minimum absolute atomic E-state index is 0.101. The smallest absolute Gasteiger partial charge is 0.267 e. The van der Waals surface area contributed by atoms with Crippen molar-refractivity contribution in [1.82, 2.24) is 9.55 Å². The number of benzene rings is 2. The fourth-order valence-corrected chi connectivity index (χ4v) is 5.41. The Hall–Kier alpha value is -3.10. The summed E-state index contributed by atoms with van der Waals surface area (Å²) in [5.41, 5.74) is 4.42. The van der Waals surface area contributed by atoms with E-state index in [9.17, 15) is 9.59 Å². The Labute approximate surface area is 200 Å². The van der Waals surface area contributed by atoms with Gasteiger partial charge < -0.3 is 10.1 Å². The van der Waals surface area contributed by atoms with Crippen molar-refractivity contribution in [3.8, 4) is 11.4 Å². The molecule has 33 heavy (non-hydrogen) atoms. The van der Waals surface area contributed by atoms with Crippen LogP contribution in [0, 0.1) is 27.7 Å². The van der Waals surface area contributed by atoms with E-state index in [1.165, 1.54) is 23.1 Å². The van der Waals surface area contributed by atoms with Crippen LogP contribution < -0.4 is 15.6 Å². The van der Waals surface area contributed by atoms with Crippen LogP contribution in [0.3, 0.4) is 0 Å².